The summed E-state index contributed by atoms with van der Waals surface area (Å²) >= 11 is 1.57. The van der Waals surface area contributed by atoms with Gasteiger partial charge >= 0.3 is 0 Å². The van der Waals surface area contributed by atoms with Crippen LogP contribution in [0, 0.1) is 5.41 Å². The Morgan fingerprint density at radius 3 is 2.61 bits per heavy atom. The van der Waals surface area contributed by atoms with Crippen molar-refractivity contribution in [3.63, 3.8) is 0 Å². The van der Waals surface area contributed by atoms with Gasteiger partial charge < -0.3 is 29.9 Å². The Kier molecular flexibility index (Phi) is 10.5. The Balaban J connectivity index is 1.30. The number of carbonyl (C=O) groups excluding carboxylic acids is 4. The van der Waals surface area contributed by atoms with Crippen molar-refractivity contribution in [3.05, 3.63) is 46.2 Å². The number of likely N-dealkylation sites (tertiary alicyclic amines) is 1. The van der Waals surface area contributed by atoms with Gasteiger partial charge in [0.1, 0.15) is 12.1 Å². The van der Waals surface area contributed by atoms with E-state index >= 15 is 0 Å². The molecule has 0 unspecified atom stereocenters. The number of nitrogens with zero attached hydrogens (tertiary/aromatic N) is 2. The third-order valence-electron chi connectivity index (χ3n) is 8.84. The highest BCUT2D eigenvalue weighted by Gasteiger charge is 2.52. The van der Waals surface area contributed by atoms with Gasteiger partial charge in [0.05, 0.1) is 20.1 Å². The third kappa shape index (κ3) is 8.11. The number of amides is 4. The monoisotopic (exact) mass is 624 g/mol. The molecule has 10 nitrogen and oxygen atoms in total. The van der Waals surface area contributed by atoms with Crippen LogP contribution in [0.1, 0.15) is 62.3 Å². The largest absolute Gasteiger partial charge is 0.493 e. The summed E-state index contributed by atoms with van der Waals surface area (Å²) in [6.45, 7) is 4.37. The number of carbonyl (C=O) groups is 4. The molecule has 11 heteroatoms. The first kappa shape index (κ1) is 31.8. The summed E-state index contributed by atoms with van der Waals surface area (Å²) in [4.78, 5) is 57.2. The molecule has 44 heavy (non-hydrogen) atoms. The molecule has 0 radical (unpaired) electrons. The lowest BCUT2D eigenvalue weighted by Crippen LogP contribution is -2.48. The molecule has 2 atom stereocenters. The van der Waals surface area contributed by atoms with Crippen molar-refractivity contribution in [2.24, 2.45) is 5.41 Å². The molecule has 1 saturated heterocycles. The van der Waals surface area contributed by atoms with Crippen LogP contribution < -0.4 is 20.1 Å². The average Bonchev–Trinajstić information content (AvgIpc) is 3.37. The number of hydrogen-bond acceptors (Lipinski definition) is 7. The molecular formula is C33H44N4O6S. The Labute approximate surface area is 263 Å². The van der Waals surface area contributed by atoms with Gasteiger partial charge in [-0.15, -0.1) is 11.3 Å². The lowest BCUT2D eigenvalue weighted by molar-refractivity contribution is -0.142. The second kappa shape index (κ2) is 14.5. The van der Waals surface area contributed by atoms with E-state index in [1.807, 2.05) is 47.5 Å². The minimum atomic E-state index is -0.601. The van der Waals surface area contributed by atoms with E-state index in [4.69, 9.17) is 9.47 Å². The van der Waals surface area contributed by atoms with Gasteiger partial charge in [0.25, 0.3) is 0 Å². The fraction of sp³-hybridized carbons (Fsp3) is 0.576. The molecule has 2 aromatic rings. The summed E-state index contributed by atoms with van der Waals surface area (Å²) in [5.74, 6) is 0.975. The molecular weight excluding hydrogens is 580 g/mol. The SMILES string of the molecule is COc1cc2ccc1O[C@H]1C[C@@H](C(=O)NCCCCN(C(=O)Cc3cccs3)CCCNC(=O)CC2)N(C(=O)C2(C)CC2)C1. The normalized spacial score (nSPS) is 23.0. The summed E-state index contributed by atoms with van der Waals surface area (Å²) < 4.78 is 11.9. The predicted molar refractivity (Wildman–Crippen MR) is 168 cm³/mol. The van der Waals surface area contributed by atoms with Crippen molar-refractivity contribution in [2.75, 3.05) is 39.8 Å². The van der Waals surface area contributed by atoms with Gasteiger partial charge in [0, 0.05) is 49.3 Å². The first-order chi connectivity index (χ1) is 21.3. The van der Waals surface area contributed by atoms with Gasteiger partial charge in [-0.2, -0.15) is 0 Å². The van der Waals surface area contributed by atoms with Crippen LogP contribution in [-0.4, -0.2) is 85.4 Å². The van der Waals surface area contributed by atoms with E-state index in [1.165, 1.54) is 0 Å². The maximum absolute atomic E-state index is 13.4. The number of rotatable bonds is 4. The molecule has 1 aliphatic carbocycles. The van der Waals surface area contributed by atoms with Crippen molar-refractivity contribution < 1.29 is 28.7 Å². The molecule has 3 aliphatic heterocycles. The molecule has 4 amide bonds. The number of hydrogen-bond donors (Lipinski definition) is 2. The van der Waals surface area contributed by atoms with Gasteiger partial charge in [-0.25, -0.2) is 0 Å². The van der Waals surface area contributed by atoms with Gasteiger partial charge in [-0.3, -0.25) is 19.2 Å². The second-order valence-electron chi connectivity index (χ2n) is 12.3. The van der Waals surface area contributed by atoms with Crippen molar-refractivity contribution in [2.45, 2.75) is 76.9 Å². The summed E-state index contributed by atoms with van der Waals surface area (Å²) in [6, 6.07) is 8.94. The van der Waals surface area contributed by atoms with Crippen LogP contribution in [0.3, 0.4) is 0 Å². The molecule has 1 saturated carbocycles. The lowest BCUT2D eigenvalue weighted by atomic mass is 10.1. The van der Waals surface area contributed by atoms with Crippen molar-refractivity contribution in [1.82, 2.24) is 20.4 Å². The highest BCUT2D eigenvalue weighted by Crippen LogP contribution is 2.47. The minimum Gasteiger partial charge on any atom is -0.493 e. The number of methoxy groups -OCH3 is 1. The number of benzene rings is 1. The molecule has 1 aromatic heterocycles. The zero-order chi connectivity index (χ0) is 31.1. The topological polar surface area (TPSA) is 117 Å². The van der Waals surface area contributed by atoms with Crippen molar-refractivity contribution in [1.29, 1.82) is 0 Å². The fourth-order valence-electron chi connectivity index (χ4n) is 5.88. The summed E-state index contributed by atoms with van der Waals surface area (Å²) in [5, 5.41) is 8.00. The minimum absolute atomic E-state index is 0.00903. The summed E-state index contributed by atoms with van der Waals surface area (Å²) in [7, 11) is 1.58. The molecule has 0 spiro atoms. The lowest BCUT2D eigenvalue weighted by Gasteiger charge is -2.26. The van der Waals surface area contributed by atoms with E-state index in [0.717, 1.165) is 29.7 Å². The van der Waals surface area contributed by atoms with Crippen LogP contribution in [0.15, 0.2) is 35.7 Å². The van der Waals surface area contributed by atoms with E-state index in [-0.39, 0.29) is 29.7 Å². The Morgan fingerprint density at radius 1 is 1.07 bits per heavy atom. The van der Waals surface area contributed by atoms with Gasteiger partial charge in [-0.1, -0.05) is 19.1 Å². The van der Waals surface area contributed by atoms with Gasteiger partial charge in [0.15, 0.2) is 11.5 Å². The summed E-state index contributed by atoms with van der Waals surface area (Å²) in [5.41, 5.74) is 0.543. The average molecular weight is 625 g/mol. The molecule has 238 valence electrons. The summed E-state index contributed by atoms with van der Waals surface area (Å²) in [6.07, 6.45) is 5.02. The van der Waals surface area contributed by atoms with Crippen LogP contribution in [0.2, 0.25) is 0 Å². The Morgan fingerprint density at radius 2 is 1.86 bits per heavy atom. The molecule has 2 N–H and O–H groups in total. The van der Waals surface area contributed by atoms with Crippen LogP contribution in [-0.2, 0) is 32.0 Å². The number of thiophene rings is 1. The highest BCUT2D eigenvalue weighted by molar-refractivity contribution is 7.10. The van der Waals surface area contributed by atoms with E-state index in [1.54, 1.807) is 23.3 Å². The Hall–Kier alpha value is -3.60. The number of ether oxygens (including phenoxy) is 2. The first-order valence-corrected chi connectivity index (χ1v) is 16.6. The molecule has 4 heterocycles. The molecule has 4 bridgehead atoms. The van der Waals surface area contributed by atoms with Crippen molar-refractivity contribution >= 4 is 35.0 Å². The van der Waals surface area contributed by atoms with Crippen LogP contribution in [0.4, 0.5) is 0 Å². The van der Waals surface area contributed by atoms with E-state index in [9.17, 15) is 19.2 Å². The maximum atomic E-state index is 13.4. The van der Waals surface area contributed by atoms with Gasteiger partial charge in [0.2, 0.25) is 23.6 Å². The number of nitrogens with one attached hydrogen (secondary N) is 2. The zero-order valence-corrected chi connectivity index (χ0v) is 26.6. The van der Waals surface area contributed by atoms with Crippen LogP contribution >= 0.6 is 11.3 Å². The number of aryl methyl sites for hydroxylation is 1. The van der Waals surface area contributed by atoms with Crippen LogP contribution in [0.5, 0.6) is 11.5 Å². The standard InChI is InChI=1S/C33H44N4O6S/c1-33(12-13-33)32(41)37-22-24-20-26(37)31(40)35-14-3-4-16-36(30(39)21-25-7-5-18-44-25)17-6-15-34-29(38)11-9-23-8-10-27(43-24)28(19-23)42-2/h5,7-8,10,18-19,24,26H,3-4,6,9,11-17,20-22H2,1-2H3,(H,34,38)(H,35,40)/t24-,26-/m0/s1. The molecule has 4 aliphatic rings. The Bertz CT molecular complexity index is 1330. The van der Waals surface area contributed by atoms with E-state index in [2.05, 4.69) is 10.6 Å². The molecule has 1 aromatic carbocycles. The second-order valence-corrected chi connectivity index (χ2v) is 13.4. The smallest absolute Gasteiger partial charge is 0.242 e. The predicted octanol–water partition coefficient (Wildman–Crippen LogP) is 3.33. The fourth-order valence-corrected chi connectivity index (χ4v) is 6.58. The quantitative estimate of drug-likeness (QED) is 0.539. The van der Waals surface area contributed by atoms with Crippen LogP contribution in [0.25, 0.3) is 0 Å². The van der Waals surface area contributed by atoms with Gasteiger partial charge in [-0.05, 0) is 67.7 Å². The zero-order valence-electron chi connectivity index (χ0n) is 25.8. The first-order valence-electron chi connectivity index (χ1n) is 15.7. The number of fused-ring (bicyclic) bond motifs is 15. The van der Waals surface area contributed by atoms with E-state index < -0.39 is 11.5 Å². The third-order valence-corrected chi connectivity index (χ3v) is 9.72. The van der Waals surface area contributed by atoms with E-state index in [0.29, 0.717) is 82.7 Å². The maximum Gasteiger partial charge on any atom is 0.242 e. The highest BCUT2D eigenvalue weighted by atomic mass is 32.1. The molecule has 2 fully saturated rings. The molecule has 6 rings (SSSR count). The van der Waals surface area contributed by atoms with Crippen molar-refractivity contribution in [3.8, 4) is 11.5 Å².